The first-order valence-electron chi connectivity index (χ1n) is 4.81. The number of phenols is 1. The number of hydrogen-bond donors (Lipinski definition) is 2. The second-order valence-corrected chi connectivity index (χ2v) is 4.11. The molecule has 0 aromatic heterocycles. The summed E-state index contributed by atoms with van der Waals surface area (Å²) in [6.07, 6.45) is 1.82. The molecule has 2 nitrogen and oxygen atoms in total. The Morgan fingerprint density at radius 1 is 1.50 bits per heavy atom. The maximum absolute atomic E-state index is 13.5. The summed E-state index contributed by atoms with van der Waals surface area (Å²) in [5, 5.41) is 9.30. The zero-order valence-electron chi connectivity index (χ0n) is 8.13. The quantitative estimate of drug-likeness (QED) is 0.757. The lowest BCUT2D eigenvalue weighted by Gasteiger charge is -2.20. The molecule has 1 fully saturated rings. The van der Waals surface area contributed by atoms with E-state index in [1.165, 1.54) is 18.2 Å². The number of halogens is 1. The van der Waals surface area contributed by atoms with Crippen molar-refractivity contribution in [3.8, 4) is 5.75 Å². The van der Waals surface area contributed by atoms with Crippen molar-refractivity contribution in [3.63, 3.8) is 0 Å². The molecule has 1 aromatic rings. The van der Waals surface area contributed by atoms with Crippen LogP contribution in [-0.2, 0) is 5.41 Å². The SMILES string of the molecule is CC(N)C1(c2cc(O)ccc2F)CC1. The molecule has 3 heteroatoms. The van der Waals surface area contributed by atoms with Gasteiger partial charge in [-0.25, -0.2) is 4.39 Å². The van der Waals surface area contributed by atoms with Crippen molar-refractivity contribution in [1.82, 2.24) is 0 Å². The lowest BCUT2D eigenvalue weighted by Crippen LogP contribution is -2.32. The van der Waals surface area contributed by atoms with Gasteiger partial charge in [0, 0.05) is 11.5 Å². The van der Waals surface area contributed by atoms with Gasteiger partial charge in [-0.1, -0.05) is 0 Å². The van der Waals surface area contributed by atoms with Gasteiger partial charge in [-0.3, -0.25) is 0 Å². The van der Waals surface area contributed by atoms with E-state index >= 15 is 0 Å². The summed E-state index contributed by atoms with van der Waals surface area (Å²) in [4.78, 5) is 0. The average Bonchev–Trinajstić information content (AvgIpc) is 2.90. The van der Waals surface area contributed by atoms with Gasteiger partial charge in [0.1, 0.15) is 11.6 Å². The number of hydrogen-bond acceptors (Lipinski definition) is 2. The van der Waals surface area contributed by atoms with Crippen LogP contribution in [0.5, 0.6) is 5.75 Å². The molecule has 0 amide bonds. The van der Waals surface area contributed by atoms with Gasteiger partial charge in [0.15, 0.2) is 0 Å². The molecule has 76 valence electrons. The highest BCUT2D eigenvalue weighted by Crippen LogP contribution is 2.51. The van der Waals surface area contributed by atoms with E-state index in [0.29, 0.717) is 5.56 Å². The molecule has 1 atom stereocenters. The van der Waals surface area contributed by atoms with Crippen LogP contribution in [0.4, 0.5) is 4.39 Å². The molecular weight excluding hydrogens is 181 g/mol. The summed E-state index contributed by atoms with van der Waals surface area (Å²) < 4.78 is 13.5. The number of benzene rings is 1. The molecule has 1 aliphatic rings. The molecule has 1 unspecified atom stereocenters. The first-order chi connectivity index (χ1) is 6.56. The fourth-order valence-electron chi connectivity index (χ4n) is 2.00. The minimum absolute atomic E-state index is 0.0706. The molecule has 0 heterocycles. The van der Waals surface area contributed by atoms with Gasteiger partial charge in [-0.2, -0.15) is 0 Å². The second kappa shape index (κ2) is 2.95. The smallest absolute Gasteiger partial charge is 0.127 e. The molecule has 1 aromatic carbocycles. The fraction of sp³-hybridized carbons (Fsp3) is 0.455. The van der Waals surface area contributed by atoms with Crippen LogP contribution < -0.4 is 5.73 Å². The van der Waals surface area contributed by atoms with Crippen molar-refractivity contribution < 1.29 is 9.50 Å². The molecule has 14 heavy (non-hydrogen) atoms. The van der Waals surface area contributed by atoms with Crippen molar-refractivity contribution in [2.45, 2.75) is 31.2 Å². The molecule has 0 aliphatic heterocycles. The molecule has 1 saturated carbocycles. The van der Waals surface area contributed by atoms with Gasteiger partial charge >= 0.3 is 0 Å². The van der Waals surface area contributed by atoms with Gasteiger partial charge in [-0.05, 0) is 43.5 Å². The topological polar surface area (TPSA) is 46.2 Å². The van der Waals surface area contributed by atoms with E-state index in [4.69, 9.17) is 5.73 Å². The average molecular weight is 195 g/mol. The Hall–Kier alpha value is -1.09. The summed E-state index contributed by atoms with van der Waals surface area (Å²) in [5.41, 5.74) is 6.16. The number of rotatable bonds is 2. The summed E-state index contributed by atoms with van der Waals surface area (Å²) >= 11 is 0. The van der Waals surface area contributed by atoms with E-state index in [9.17, 15) is 9.50 Å². The largest absolute Gasteiger partial charge is 0.508 e. The fourth-order valence-corrected chi connectivity index (χ4v) is 2.00. The van der Waals surface area contributed by atoms with Crippen molar-refractivity contribution in [1.29, 1.82) is 0 Å². The van der Waals surface area contributed by atoms with E-state index < -0.39 is 0 Å². The molecule has 0 saturated heterocycles. The molecule has 0 radical (unpaired) electrons. The number of nitrogens with two attached hydrogens (primary N) is 1. The maximum Gasteiger partial charge on any atom is 0.127 e. The Morgan fingerprint density at radius 3 is 2.64 bits per heavy atom. The van der Waals surface area contributed by atoms with Crippen LogP contribution in [0.25, 0.3) is 0 Å². The highest BCUT2D eigenvalue weighted by Gasteiger charge is 2.49. The summed E-state index contributed by atoms with van der Waals surface area (Å²) in [7, 11) is 0. The second-order valence-electron chi connectivity index (χ2n) is 4.11. The molecule has 0 bridgehead atoms. The zero-order chi connectivity index (χ0) is 10.3. The molecule has 0 spiro atoms. The predicted octanol–water partition coefficient (Wildman–Crippen LogP) is 1.91. The summed E-state index contributed by atoms with van der Waals surface area (Å²) in [6, 6.07) is 4.08. The van der Waals surface area contributed by atoms with Crippen LogP contribution in [0.1, 0.15) is 25.3 Å². The van der Waals surface area contributed by atoms with Gasteiger partial charge in [0.25, 0.3) is 0 Å². The Labute approximate surface area is 82.5 Å². The van der Waals surface area contributed by atoms with Crippen LogP contribution >= 0.6 is 0 Å². The monoisotopic (exact) mass is 195 g/mol. The summed E-state index contributed by atoms with van der Waals surface area (Å²) in [6.45, 7) is 1.89. The van der Waals surface area contributed by atoms with E-state index in [1.54, 1.807) is 0 Å². The van der Waals surface area contributed by atoms with Crippen LogP contribution in [0.15, 0.2) is 18.2 Å². The highest BCUT2D eigenvalue weighted by atomic mass is 19.1. The third kappa shape index (κ3) is 1.28. The van der Waals surface area contributed by atoms with Crippen LogP contribution in [0.3, 0.4) is 0 Å². The third-order valence-corrected chi connectivity index (χ3v) is 3.15. The van der Waals surface area contributed by atoms with E-state index in [0.717, 1.165) is 12.8 Å². The Morgan fingerprint density at radius 2 is 2.14 bits per heavy atom. The van der Waals surface area contributed by atoms with E-state index in [-0.39, 0.29) is 23.0 Å². The van der Waals surface area contributed by atoms with E-state index in [1.807, 2.05) is 6.92 Å². The lowest BCUT2D eigenvalue weighted by molar-refractivity contribution is 0.462. The minimum atomic E-state index is -0.266. The van der Waals surface area contributed by atoms with Crippen molar-refractivity contribution in [2.24, 2.45) is 5.73 Å². The van der Waals surface area contributed by atoms with Crippen molar-refractivity contribution >= 4 is 0 Å². The number of aromatic hydroxyl groups is 1. The van der Waals surface area contributed by atoms with Gasteiger partial charge < -0.3 is 10.8 Å². The zero-order valence-corrected chi connectivity index (χ0v) is 8.13. The van der Waals surface area contributed by atoms with Crippen molar-refractivity contribution in [3.05, 3.63) is 29.6 Å². The normalized spacial score (nSPS) is 20.5. The van der Waals surface area contributed by atoms with Gasteiger partial charge in [-0.15, -0.1) is 0 Å². The Balaban J connectivity index is 2.46. The highest BCUT2D eigenvalue weighted by molar-refractivity contribution is 5.39. The molecular formula is C11H14FNO. The van der Waals surface area contributed by atoms with E-state index in [2.05, 4.69) is 0 Å². The lowest BCUT2D eigenvalue weighted by atomic mass is 9.89. The standard InChI is InChI=1S/C11H14FNO/c1-7(13)11(4-5-11)9-6-8(14)2-3-10(9)12/h2-3,6-7,14H,4-5,13H2,1H3. The van der Waals surface area contributed by atoms with Crippen molar-refractivity contribution in [2.75, 3.05) is 0 Å². The van der Waals surface area contributed by atoms with Gasteiger partial charge in [0.05, 0.1) is 0 Å². The first kappa shape index (κ1) is 9.46. The maximum atomic E-state index is 13.5. The Kier molecular flexibility index (Phi) is 2.00. The third-order valence-electron chi connectivity index (χ3n) is 3.15. The summed E-state index contributed by atoms with van der Waals surface area (Å²) in [5.74, 6) is -0.161. The predicted molar refractivity (Wildman–Crippen MR) is 52.6 cm³/mol. The van der Waals surface area contributed by atoms with Gasteiger partial charge in [0.2, 0.25) is 0 Å². The minimum Gasteiger partial charge on any atom is -0.508 e. The molecule has 2 rings (SSSR count). The van der Waals surface area contributed by atoms with Crippen LogP contribution in [-0.4, -0.2) is 11.1 Å². The number of phenolic OH excluding ortho intramolecular Hbond substituents is 1. The van der Waals surface area contributed by atoms with Crippen LogP contribution in [0.2, 0.25) is 0 Å². The van der Waals surface area contributed by atoms with Crippen LogP contribution in [0, 0.1) is 5.82 Å². The molecule has 1 aliphatic carbocycles. The molecule has 3 N–H and O–H groups in total. The first-order valence-corrected chi connectivity index (χ1v) is 4.81. The Bertz CT molecular complexity index is 358.